The third-order valence-corrected chi connectivity index (χ3v) is 5.86. The first-order chi connectivity index (χ1) is 16.0. The van der Waals surface area contributed by atoms with E-state index >= 15 is 0 Å². The van der Waals surface area contributed by atoms with E-state index in [0.717, 1.165) is 39.6 Å². The van der Waals surface area contributed by atoms with Crippen LogP contribution in [0.15, 0.2) is 79.0 Å². The number of hydrogen-bond donors (Lipinski definition) is 1. The molecule has 0 fully saturated rings. The number of halogens is 1. The zero-order valence-corrected chi connectivity index (χ0v) is 19.5. The van der Waals surface area contributed by atoms with Crippen molar-refractivity contribution in [3.8, 4) is 22.7 Å². The predicted octanol–water partition coefficient (Wildman–Crippen LogP) is 5.76. The standard InChI is InChI=1S/C27H26ClN3O2/c1-19-4-3-17-29-25(19)18-30-27(32)16-12-23-11-15-26(20-5-7-21(28)8-6-20)31(23)22-9-13-24(33-2)14-10-22/h3-11,13-15,17H,12,16,18H2,1-2H3,(H,30,32). The van der Waals surface area contributed by atoms with Gasteiger partial charge in [-0.05, 0) is 79.1 Å². The smallest absolute Gasteiger partial charge is 0.220 e. The summed E-state index contributed by atoms with van der Waals surface area (Å²) >= 11 is 6.09. The molecule has 0 saturated heterocycles. The van der Waals surface area contributed by atoms with E-state index in [0.29, 0.717) is 24.4 Å². The molecule has 2 aromatic carbocycles. The van der Waals surface area contributed by atoms with Crippen molar-refractivity contribution in [3.05, 3.63) is 101 Å². The molecule has 2 heterocycles. The lowest BCUT2D eigenvalue weighted by atomic mass is 10.1. The van der Waals surface area contributed by atoms with E-state index in [9.17, 15) is 4.79 Å². The predicted molar refractivity (Wildman–Crippen MR) is 132 cm³/mol. The lowest BCUT2D eigenvalue weighted by Crippen LogP contribution is -2.24. The number of nitrogens with zero attached hydrogens (tertiary/aromatic N) is 2. The van der Waals surface area contributed by atoms with Gasteiger partial charge < -0.3 is 14.6 Å². The maximum Gasteiger partial charge on any atom is 0.220 e. The van der Waals surface area contributed by atoms with Gasteiger partial charge in [0.2, 0.25) is 5.91 Å². The van der Waals surface area contributed by atoms with Crippen molar-refractivity contribution in [2.24, 2.45) is 0 Å². The molecule has 0 aliphatic rings. The number of nitrogens with one attached hydrogen (secondary N) is 1. The number of carbonyl (C=O) groups excluding carboxylic acids is 1. The third-order valence-electron chi connectivity index (χ3n) is 5.61. The first-order valence-electron chi connectivity index (χ1n) is 10.8. The monoisotopic (exact) mass is 459 g/mol. The van der Waals surface area contributed by atoms with Crippen molar-refractivity contribution in [1.82, 2.24) is 14.9 Å². The molecule has 33 heavy (non-hydrogen) atoms. The fourth-order valence-corrected chi connectivity index (χ4v) is 3.90. The molecule has 0 unspecified atom stereocenters. The first-order valence-corrected chi connectivity index (χ1v) is 11.2. The summed E-state index contributed by atoms with van der Waals surface area (Å²) in [5, 5.41) is 3.68. The summed E-state index contributed by atoms with van der Waals surface area (Å²) in [4.78, 5) is 16.9. The second kappa shape index (κ2) is 10.4. The molecule has 5 nitrogen and oxygen atoms in total. The van der Waals surface area contributed by atoms with Crippen LogP contribution in [-0.2, 0) is 17.8 Å². The lowest BCUT2D eigenvalue weighted by molar-refractivity contribution is -0.121. The molecule has 0 aliphatic heterocycles. The third kappa shape index (κ3) is 5.44. The number of rotatable bonds is 8. The van der Waals surface area contributed by atoms with E-state index in [2.05, 4.69) is 27.0 Å². The summed E-state index contributed by atoms with van der Waals surface area (Å²) in [5.74, 6) is 0.792. The quantitative estimate of drug-likeness (QED) is 0.364. The van der Waals surface area contributed by atoms with Gasteiger partial charge in [-0.25, -0.2) is 0 Å². The highest BCUT2D eigenvalue weighted by Gasteiger charge is 2.14. The SMILES string of the molecule is COc1ccc(-n2c(CCC(=O)NCc3ncccc3C)ccc2-c2ccc(Cl)cc2)cc1. The second-order valence-corrected chi connectivity index (χ2v) is 8.23. The highest BCUT2D eigenvalue weighted by molar-refractivity contribution is 6.30. The van der Waals surface area contributed by atoms with E-state index < -0.39 is 0 Å². The molecule has 1 amide bonds. The molecule has 1 N–H and O–H groups in total. The number of aryl methyl sites for hydroxylation is 2. The van der Waals surface area contributed by atoms with Gasteiger partial charge in [0.15, 0.2) is 0 Å². The zero-order valence-electron chi connectivity index (χ0n) is 18.7. The van der Waals surface area contributed by atoms with Crippen molar-refractivity contribution in [2.45, 2.75) is 26.3 Å². The van der Waals surface area contributed by atoms with Crippen LogP contribution in [0.4, 0.5) is 0 Å². The maximum absolute atomic E-state index is 12.6. The molecular formula is C27H26ClN3O2. The average molecular weight is 460 g/mol. The van der Waals surface area contributed by atoms with Crippen LogP contribution in [0.25, 0.3) is 16.9 Å². The molecule has 0 spiro atoms. The van der Waals surface area contributed by atoms with E-state index in [4.69, 9.17) is 16.3 Å². The number of benzene rings is 2. The number of hydrogen-bond acceptors (Lipinski definition) is 3. The summed E-state index contributed by atoms with van der Waals surface area (Å²) in [6, 6.07) is 23.7. The Hall–Kier alpha value is -3.57. The number of methoxy groups -OCH3 is 1. The van der Waals surface area contributed by atoms with Crippen molar-refractivity contribution in [1.29, 1.82) is 0 Å². The van der Waals surface area contributed by atoms with Crippen LogP contribution in [0.3, 0.4) is 0 Å². The second-order valence-electron chi connectivity index (χ2n) is 7.79. The summed E-state index contributed by atoms with van der Waals surface area (Å²) in [6.07, 6.45) is 2.73. The maximum atomic E-state index is 12.6. The van der Waals surface area contributed by atoms with Gasteiger partial charge >= 0.3 is 0 Å². The number of carbonyl (C=O) groups is 1. The molecule has 0 atom stereocenters. The summed E-state index contributed by atoms with van der Waals surface area (Å²) in [6.45, 7) is 2.43. The van der Waals surface area contributed by atoms with Crippen LogP contribution in [0, 0.1) is 6.92 Å². The van der Waals surface area contributed by atoms with Gasteiger partial charge in [0.1, 0.15) is 5.75 Å². The van der Waals surface area contributed by atoms with Crippen LogP contribution >= 0.6 is 11.6 Å². The van der Waals surface area contributed by atoms with Crippen LogP contribution in [0.5, 0.6) is 5.75 Å². The van der Waals surface area contributed by atoms with E-state index in [-0.39, 0.29) is 5.91 Å². The molecule has 0 aliphatic carbocycles. The lowest BCUT2D eigenvalue weighted by Gasteiger charge is -2.15. The molecule has 6 heteroatoms. The minimum absolute atomic E-state index is 0.00410. The van der Waals surface area contributed by atoms with Crippen molar-refractivity contribution in [2.75, 3.05) is 7.11 Å². The molecule has 0 bridgehead atoms. The Kier molecular flexibility index (Phi) is 7.10. The van der Waals surface area contributed by atoms with Gasteiger partial charge in [-0.3, -0.25) is 9.78 Å². The molecule has 0 radical (unpaired) electrons. The molecule has 2 aromatic heterocycles. The van der Waals surface area contributed by atoms with Crippen molar-refractivity contribution in [3.63, 3.8) is 0 Å². The Morgan fingerprint density at radius 1 is 1.03 bits per heavy atom. The Bertz CT molecular complexity index is 1230. The molecular weight excluding hydrogens is 434 g/mol. The Morgan fingerprint density at radius 2 is 1.79 bits per heavy atom. The van der Waals surface area contributed by atoms with E-state index in [1.807, 2.05) is 67.6 Å². The minimum Gasteiger partial charge on any atom is -0.497 e. The van der Waals surface area contributed by atoms with Gasteiger partial charge in [0, 0.05) is 29.0 Å². The van der Waals surface area contributed by atoms with Crippen molar-refractivity contribution < 1.29 is 9.53 Å². The van der Waals surface area contributed by atoms with Crippen molar-refractivity contribution >= 4 is 17.5 Å². The minimum atomic E-state index is -0.00410. The number of amides is 1. The van der Waals surface area contributed by atoms with Gasteiger partial charge in [-0.2, -0.15) is 0 Å². The van der Waals surface area contributed by atoms with Gasteiger partial charge in [0.05, 0.1) is 25.0 Å². The summed E-state index contributed by atoms with van der Waals surface area (Å²) in [5.41, 5.74) is 6.10. The molecule has 4 aromatic rings. The van der Waals surface area contributed by atoms with Crippen LogP contribution in [0.2, 0.25) is 5.02 Å². The topological polar surface area (TPSA) is 56.1 Å². The van der Waals surface area contributed by atoms with Gasteiger partial charge in [0.25, 0.3) is 0 Å². The summed E-state index contributed by atoms with van der Waals surface area (Å²) in [7, 11) is 1.65. The van der Waals surface area contributed by atoms with E-state index in [1.165, 1.54) is 0 Å². The molecule has 168 valence electrons. The van der Waals surface area contributed by atoms with E-state index in [1.54, 1.807) is 13.3 Å². The highest BCUT2D eigenvalue weighted by Crippen LogP contribution is 2.29. The summed E-state index contributed by atoms with van der Waals surface area (Å²) < 4.78 is 7.49. The normalized spacial score (nSPS) is 10.8. The Labute approximate surface area is 199 Å². The van der Waals surface area contributed by atoms with Crippen LogP contribution in [-0.4, -0.2) is 22.6 Å². The van der Waals surface area contributed by atoms with Crippen LogP contribution < -0.4 is 10.1 Å². The Balaban J connectivity index is 1.55. The number of aromatic nitrogens is 2. The first kappa shape index (κ1) is 22.6. The fourth-order valence-electron chi connectivity index (χ4n) is 3.77. The highest BCUT2D eigenvalue weighted by atomic mass is 35.5. The number of pyridine rings is 1. The zero-order chi connectivity index (χ0) is 23.2. The largest absolute Gasteiger partial charge is 0.497 e. The average Bonchev–Trinajstić information content (AvgIpc) is 3.26. The Morgan fingerprint density at radius 3 is 2.48 bits per heavy atom. The van der Waals surface area contributed by atoms with Crippen LogP contribution in [0.1, 0.15) is 23.4 Å². The number of ether oxygens (including phenoxy) is 1. The van der Waals surface area contributed by atoms with Gasteiger partial charge in [-0.15, -0.1) is 0 Å². The van der Waals surface area contributed by atoms with Gasteiger partial charge in [-0.1, -0.05) is 29.8 Å². The fraction of sp³-hybridized carbons (Fsp3) is 0.185. The molecule has 4 rings (SSSR count). The molecule has 0 saturated carbocycles.